The Balaban J connectivity index is 1.87. The molecule has 1 fully saturated rings. The highest BCUT2D eigenvalue weighted by Gasteiger charge is 2.45. The standard InChI is InChI=1S/C34H47N7O6/c1-22(42)46-29(31-37-15-16-38-31)27(18-24-13-9-6-10-14-24)41(28(30(35)43)19-25-20-36-21-39-25)32(44)26(17-23-11-7-5-8-12-23)40-33(45)47-34(2,3)4/h5,7-8,11-12,15-16,20-21,24,26-29H,6,9-10,13-14,17-19H2,1-4H3,(H2,35,43)(H,36,39)(H,37,38)(H,40,45)/t26-,27-,28-,29+/m0/s1. The van der Waals surface area contributed by atoms with Gasteiger partial charge >= 0.3 is 12.1 Å². The minimum absolute atomic E-state index is 0.0116. The number of rotatable bonds is 14. The van der Waals surface area contributed by atoms with Crippen molar-refractivity contribution in [2.75, 3.05) is 0 Å². The number of nitrogens with one attached hydrogen (secondary N) is 3. The Kier molecular flexibility index (Phi) is 12.2. The number of nitrogens with two attached hydrogens (primary N) is 1. The number of esters is 1. The van der Waals surface area contributed by atoms with Crippen LogP contribution in [0.5, 0.6) is 0 Å². The lowest BCUT2D eigenvalue weighted by Gasteiger charge is -2.43. The lowest BCUT2D eigenvalue weighted by Crippen LogP contribution is -2.61. The average Bonchev–Trinajstić information content (AvgIpc) is 3.74. The topological polar surface area (TPSA) is 185 Å². The molecule has 0 saturated heterocycles. The Labute approximate surface area is 275 Å². The second kappa shape index (κ2) is 16.2. The molecule has 13 nitrogen and oxygen atoms in total. The molecule has 4 rings (SSSR count). The lowest BCUT2D eigenvalue weighted by molar-refractivity contribution is -0.160. The van der Waals surface area contributed by atoms with Crippen LogP contribution in [0.2, 0.25) is 0 Å². The summed E-state index contributed by atoms with van der Waals surface area (Å²) < 4.78 is 11.5. The maximum atomic E-state index is 15.1. The maximum absolute atomic E-state index is 15.1. The zero-order valence-corrected chi connectivity index (χ0v) is 27.6. The van der Waals surface area contributed by atoms with Crippen LogP contribution >= 0.6 is 0 Å². The number of hydrogen-bond donors (Lipinski definition) is 4. The third-order valence-corrected chi connectivity index (χ3v) is 8.25. The first-order valence-corrected chi connectivity index (χ1v) is 16.2. The fourth-order valence-corrected chi connectivity index (χ4v) is 6.24. The summed E-state index contributed by atoms with van der Waals surface area (Å²) in [4.78, 5) is 70.3. The third-order valence-electron chi connectivity index (χ3n) is 8.25. The average molecular weight is 650 g/mol. The molecule has 1 aliphatic carbocycles. The van der Waals surface area contributed by atoms with E-state index in [9.17, 15) is 14.4 Å². The quantitative estimate of drug-likeness (QED) is 0.188. The second-order valence-electron chi connectivity index (χ2n) is 13.1. The Morgan fingerprint density at radius 3 is 2.36 bits per heavy atom. The first kappa shape index (κ1) is 35.2. The van der Waals surface area contributed by atoms with Crippen LogP contribution in [-0.4, -0.2) is 72.4 Å². The molecular weight excluding hydrogens is 602 g/mol. The summed E-state index contributed by atoms with van der Waals surface area (Å²) in [5, 5.41) is 2.77. The van der Waals surface area contributed by atoms with Gasteiger partial charge in [0, 0.05) is 44.0 Å². The van der Waals surface area contributed by atoms with E-state index in [0.717, 1.165) is 37.7 Å². The Morgan fingerprint density at radius 1 is 1.06 bits per heavy atom. The number of nitrogens with zero attached hydrogens (tertiary/aromatic N) is 3. The van der Waals surface area contributed by atoms with Gasteiger partial charge in [-0.1, -0.05) is 62.4 Å². The van der Waals surface area contributed by atoms with Crippen LogP contribution in [-0.2, 0) is 36.7 Å². The van der Waals surface area contributed by atoms with Crippen LogP contribution in [0.25, 0.3) is 0 Å². The van der Waals surface area contributed by atoms with Crippen molar-refractivity contribution < 1.29 is 28.7 Å². The monoisotopic (exact) mass is 649 g/mol. The van der Waals surface area contributed by atoms with Gasteiger partial charge in [0.25, 0.3) is 0 Å². The number of amides is 3. The third kappa shape index (κ3) is 10.4. The first-order chi connectivity index (χ1) is 22.4. The van der Waals surface area contributed by atoms with Gasteiger partial charge in [-0.3, -0.25) is 14.4 Å². The van der Waals surface area contributed by atoms with E-state index in [1.165, 1.54) is 24.3 Å². The zero-order chi connectivity index (χ0) is 34.0. The number of benzene rings is 1. The van der Waals surface area contributed by atoms with E-state index in [1.807, 2.05) is 30.3 Å². The summed E-state index contributed by atoms with van der Waals surface area (Å²) in [7, 11) is 0. The molecule has 4 atom stereocenters. The number of aromatic nitrogens is 4. The molecule has 2 aromatic heterocycles. The molecule has 13 heteroatoms. The molecule has 47 heavy (non-hydrogen) atoms. The molecule has 0 bridgehead atoms. The van der Waals surface area contributed by atoms with Crippen LogP contribution in [0.4, 0.5) is 4.79 Å². The van der Waals surface area contributed by atoms with Gasteiger partial charge in [-0.15, -0.1) is 0 Å². The van der Waals surface area contributed by atoms with Gasteiger partial charge in [-0.25, -0.2) is 14.8 Å². The molecule has 3 aromatic rings. The number of ether oxygens (including phenoxy) is 2. The van der Waals surface area contributed by atoms with Crippen molar-refractivity contribution in [3.8, 4) is 0 Å². The summed E-state index contributed by atoms with van der Waals surface area (Å²) in [5.74, 6) is -1.43. The molecule has 2 heterocycles. The van der Waals surface area contributed by atoms with Gasteiger partial charge in [-0.05, 0) is 38.7 Å². The second-order valence-corrected chi connectivity index (χ2v) is 13.1. The van der Waals surface area contributed by atoms with E-state index >= 15 is 4.79 Å². The van der Waals surface area contributed by atoms with Crippen LogP contribution in [0.1, 0.15) is 89.4 Å². The zero-order valence-electron chi connectivity index (χ0n) is 27.6. The van der Waals surface area contributed by atoms with Crippen molar-refractivity contribution in [1.82, 2.24) is 30.2 Å². The van der Waals surface area contributed by atoms with Crippen molar-refractivity contribution in [2.45, 2.75) is 109 Å². The van der Waals surface area contributed by atoms with E-state index in [0.29, 0.717) is 17.9 Å². The predicted molar refractivity (Wildman–Crippen MR) is 173 cm³/mol. The van der Waals surface area contributed by atoms with Gasteiger partial charge in [0.2, 0.25) is 11.8 Å². The summed E-state index contributed by atoms with van der Waals surface area (Å²) in [6.07, 6.45) is 9.82. The SMILES string of the molecule is CC(=O)O[C@@H](c1ncc[nH]1)[C@H](CC1CCCCC1)N(C(=O)[C@H](Cc1ccccc1)NC(=O)OC(C)(C)C)[C@@H](Cc1cnc[nH]1)C(N)=O. The van der Waals surface area contributed by atoms with E-state index in [4.69, 9.17) is 15.2 Å². The minimum atomic E-state index is -1.21. The lowest BCUT2D eigenvalue weighted by atomic mass is 9.82. The summed E-state index contributed by atoms with van der Waals surface area (Å²) >= 11 is 0. The largest absolute Gasteiger partial charge is 0.452 e. The van der Waals surface area contributed by atoms with Crippen LogP contribution < -0.4 is 11.1 Å². The molecular formula is C34H47N7O6. The number of imidazole rings is 2. The van der Waals surface area contributed by atoms with Crippen LogP contribution in [0, 0.1) is 5.92 Å². The molecule has 3 amide bonds. The Bertz CT molecular complexity index is 1430. The minimum Gasteiger partial charge on any atom is -0.452 e. The van der Waals surface area contributed by atoms with Crippen molar-refractivity contribution in [2.24, 2.45) is 11.7 Å². The maximum Gasteiger partial charge on any atom is 0.408 e. The number of primary amides is 1. The van der Waals surface area contributed by atoms with Crippen molar-refractivity contribution >= 4 is 23.9 Å². The van der Waals surface area contributed by atoms with Gasteiger partial charge in [0.1, 0.15) is 23.5 Å². The Morgan fingerprint density at radius 2 is 1.79 bits per heavy atom. The number of aromatic amines is 2. The van der Waals surface area contributed by atoms with Gasteiger partial charge in [0.05, 0.1) is 12.4 Å². The molecule has 0 spiro atoms. The van der Waals surface area contributed by atoms with Crippen LogP contribution in [0.3, 0.4) is 0 Å². The summed E-state index contributed by atoms with van der Waals surface area (Å²) in [6, 6.07) is 5.98. The number of carbonyl (C=O) groups excluding carboxylic acids is 4. The molecule has 1 aromatic carbocycles. The number of alkyl carbamates (subject to hydrolysis) is 1. The first-order valence-electron chi connectivity index (χ1n) is 16.2. The molecule has 1 aliphatic rings. The van der Waals surface area contributed by atoms with Gasteiger partial charge < -0.3 is 35.4 Å². The highest BCUT2D eigenvalue weighted by atomic mass is 16.6. The Hall–Kier alpha value is -4.68. The highest BCUT2D eigenvalue weighted by molar-refractivity contribution is 5.91. The fourth-order valence-electron chi connectivity index (χ4n) is 6.24. The molecule has 0 radical (unpaired) electrons. The molecule has 5 N–H and O–H groups in total. The van der Waals surface area contributed by atoms with E-state index in [2.05, 4.69) is 25.3 Å². The van der Waals surface area contributed by atoms with Gasteiger partial charge in [-0.2, -0.15) is 0 Å². The van der Waals surface area contributed by atoms with Crippen LogP contribution in [0.15, 0.2) is 55.2 Å². The normalized spacial score (nSPS) is 16.3. The molecule has 1 saturated carbocycles. The van der Waals surface area contributed by atoms with E-state index < -0.39 is 53.7 Å². The highest BCUT2D eigenvalue weighted by Crippen LogP contribution is 2.36. The number of hydrogen-bond acceptors (Lipinski definition) is 8. The van der Waals surface area contributed by atoms with Gasteiger partial charge in [0.15, 0.2) is 6.10 Å². The summed E-state index contributed by atoms with van der Waals surface area (Å²) in [6.45, 7) is 6.48. The number of H-pyrrole nitrogens is 2. The molecule has 0 unspecified atom stereocenters. The summed E-state index contributed by atoms with van der Waals surface area (Å²) in [5.41, 5.74) is 6.63. The number of carbonyl (C=O) groups is 4. The fraction of sp³-hybridized carbons (Fsp3) is 0.529. The molecule has 0 aliphatic heterocycles. The molecule has 254 valence electrons. The van der Waals surface area contributed by atoms with Crippen molar-refractivity contribution in [1.29, 1.82) is 0 Å². The predicted octanol–water partition coefficient (Wildman–Crippen LogP) is 4.14. The van der Waals surface area contributed by atoms with Crippen molar-refractivity contribution in [3.05, 3.63) is 72.3 Å². The van der Waals surface area contributed by atoms with Crippen molar-refractivity contribution in [3.63, 3.8) is 0 Å². The van der Waals surface area contributed by atoms with E-state index in [1.54, 1.807) is 33.2 Å². The van der Waals surface area contributed by atoms with E-state index in [-0.39, 0.29) is 18.8 Å². The smallest absolute Gasteiger partial charge is 0.408 e.